The second kappa shape index (κ2) is 4.62. The molecule has 2 aromatic rings. The number of aromatic nitrogens is 2. The summed E-state index contributed by atoms with van der Waals surface area (Å²) in [6.07, 6.45) is 1.51. The standard InChI is InChI=1S/C13H11N3O/c1-9-4-3-5-12(10(9)2)17-13-15-7-6-11(8-14)16-13/h3-7H,1-2H3. The van der Waals surface area contributed by atoms with Crippen molar-refractivity contribution < 1.29 is 4.74 Å². The lowest BCUT2D eigenvalue weighted by Crippen LogP contribution is -1.95. The first-order valence-electron chi connectivity index (χ1n) is 5.18. The van der Waals surface area contributed by atoms with Gasteiger partial charge in [0.1, 0.15) is 17.5 Å². The minimum atomic E-state index is 0.192. The van der Waals surface area contributed by atoms with E-state index in [0.717, 1.165) is 11.1 Å². The summed E-state index contributed by atoms with van der Waals surface area (Å²) in [4.78, 5) is 7.93. The van der Waals surface area contributed by atoms with Crippen LogP contribution in [-0.4, -0.2) is 9.97 Å². The third-order valence-electron chi connectivity index (χ3n) is 2.50. The molecule has 4 nitrogen and oxygen atoms in total. The number of benzene rings is 1. The maximum atomic E-state index is 8.73. The van der Waals surface area contributed by atoms with Gasteiger partial charge in [0.25, 0.3) is 0 Å². The Labute approximate surface area is 99.5 Å². The van der Waals surface area contributed by atoms with Gasteiger partial charge in [0.05, 0.1) is 0 Å². The maximum absolute atomic E-state index is 8.73. The molecule has 0 bridgehead atoms. The van der Waals surface area contributed by atoms with E-state index >= 15 is 0 Å². The molecule has 1 aromatic carbocycles. The third-order valence-corrected chi connectivity index (χ3v) is 2.50. The average Bonchev–Trinajstić information content (AvgIpc) is 2.35. The van der Waals surface area contributed by atoms with Gasteiger partial charge in [0.2, 0.25) is 0 Å². The Hall–Kier alpha value is -2.41. The molecule has 0 atom stereocenters. The number of aryl methyl sites for hydroxylation is 1. The molecule has 17 heavy (non-hydrogen) atoms. The van der Waals surface area contributed by atoms with Crippen molar-refractivity contribution in [3.05, 3.63) is 47.3 Å². The number of hydrogen-bond donors (Lipinski definition) is 0. The molecule has 1 heterocycles. The molecule has 84 valence electrons. The number of ether oxygens (including phenoxy) is 1. The average molecular weight is 225 g/mol. The van der Waals surface area contributed by atoms with E-state index in [2.05, 4.69) is 9.97 Å². The van der Waals surface area contributed by atoms with Gasteiger partial charge in [-0.2, -0.15) is 10.2 Å². The number of rotatable bonds is 2. The van der Waals surface area contributed by atoms with Crippen LogP contribution in [0.2, 0.25) is 0 Å². The van der Waals surface area contributed by atoms with E-state index in [9.17, 15) is 0 Å². The largest absolute Gasteiger partial charge is 0.424 e. The van der Waals surface area contributed by atoms with Gasteiger partial charge in [0, 0.05) is 6.20 Å². The van der Waals surface area contributed by atoms with Crippen molar-refractivity contribution in [2.75, 3.05) is 0 Å². The monoisotopic (exact) mass is 225 g/mol. The lowest BCUT2D eigenvalue weighted by Gasteiger charge is -2.08. The molecule has 0 unspecified atom stereocenters. The Balaban J connectivity index is 2.32. The molecule has 0 amide bonds. The molecule has 0 radical (unpaired) electrons. The Morgan fingerprint density at radius 1 is 1.24 bits per heavy atom. The van der Waals surface area contributed by atoms with Crippen LogP contribution >= 0.6 is 0 Å². The van der Waals surface area contributed by atoms with Crippen molar-refractivity contribution >= 4 is 0 Å². The fourth-order valence-corrected chi connectivity index (χ4v) is 1.39. The minimum Gasteiger partial charge on any atom is -0.424 e. The van der Waals surface area contributed by atoms with Crippen molar-refractivity contribution in [1.82, 2.24) is 9.97 Å². The molecule has 0 aliphatic carbocycles. The Kier molecular flexibility index (Phi) is 3.01. The van der Waals surface area contributed by atoms with Gasteiger partial charge in [-0.05, 0) is 37.1 Å². The summed E-state index contributed by atoms with van der Waals surface area (Å²) in [7, 11) is 0. The van der Waals surface area contributed by atoms with Gasteiger partial charge >= 0.3 is 6.01 Å². The van der Waals surface area contributed by atoms with Crippen LogP contribution < -0.4 is 4.74 Å². The fraction of sp³-hybridized carbons (Fsp3) is 0.154. The Morgan fingerprint density at radius 3 is 2.82 bits per heavy atom. The highest BCUT2D eigenvalue weighted by atomic mass is 16.5. The van der Waals surface area contributed by atoms with Crippen LogP contribution in [0.4, 0.5) is 0 Å². The van der Waals surface area contributed by atoms with Gasteiger partial charge in [-0.25, -0.2) is 4.98 Å². The van der Waals surface area contributed by atoms with Gasteiger partial charge in [-0.15, -0.1) is 0 Å². The quantitative estimate of drug-likeness (QED) is 0.788. The first-order valence-corrected chi connectivity index (χ1v) is 5.18. The minimum absolute atomic E-state index is 0.192. The van der Waals surface area contributed by atoms with E-state index in [0.29, 0.717) is 11.4 Å². The molecule has 0 fully saturated rings. The molecule has 0 aliphatic rings. The molecular weight excluding hydrogens is 214 g/mol. The Bertz CT molecular complexity index is 587. The normalized spacial score (nSPS) is 9.71. The second-order valence-corrected chi connectivity index (χ2v) is 3.64. The van der Waals surface area contributed by atoms with E-state index in [1.165, 1.54) is 12.3 Å². The lowest BCUT2D eigenvalue weighted by atomic mass is 10.1. The highest BCUT2D eigenvalue weighted by molar-refractivity contribution is 5.39. The van der Waals surface area contributed by atoms with E-state index in [-0.39, 0.29) is 6.01 Å². The zero-order valence-electron chi connectivity index (χ0n) is 9.64. The summed E-state index contributed by atoms with van der Waals surface area (Å²) in [6, 6.07) is 9.45. The second-order valence-electron chi connectivity index (χ2n) is 3.64. The Morgan fingerprint density at radius 2 is 2.06 bits per heavy atom. The predicted molar refractivity (Wildman–Crippen MR) is 62.7 cm³/mol. The number of nitriles is 1. The van der Waals surface area contributed by atoms with E-state index in [1.807, 2.05) is 38.1 Å². The van der Waals surface area contributed by atoms with Gasteiger partial charge in [0.15, 0.2) is 0 Å². The topological polar surface area (TPSA) is 58.8 Å². The van der Waals surface area contributed by atoms with Crippen molar-refractivity contribution in [2.45, 2.75) is 13.8 Å². The van der Waals surface area contributed by atoms with E-state index in [1.54, 1.807) is 0 Å². The van der Waals surface area contributed by atoms with Crippen LogP contribution in [0.5, 0.6) is 11.8 Å². The number of hydrogen-bond acceptors (Lipinski definition) is 4. The fourth-order valence-electron chi connectivity index (χ4n) is 1.39. The first-order chi connectivity index (χ1) is 8.20. The number of nitrogens with zero attached hydrogens (tertiary/aromatic N) is 3. The summed E-state index contributed by atoms with van der Waals surface area (Å²) >= 11 is 0. The summed E-state index contributed by atoms with van der Waals surface area (Å²) in [6.45, 7) is 3.98. The highest BCUT2D eigenvalue weighted by Crippen LogP contribution is 2.24. The highest BCUT2D eigenvalue weighted by Gasteiger charge is 2.05. The third kappa shape index (κ3) is 2.40. The molecule has 0 aliphatic heterocycles. The van der Waals surface area contributed by atoms with Gasteiger partial charge in [-0.3, -0.25) is 0 Å². The lowest BCUT2D eigenvalue weighted by molar-refractivity contribution is 0.437. The van der Waals surface area contributed by atoms with Crippen LogP contribution in [0.1, 0.15) is 16.8 Å². The van der Waals surface area contributed by atoms with Crippen LogP contribution in [-0.2, 0) is 0 Å². The van der Waals surface area contributed by atoms with Crippen LogP contribution in [0.15, 0.2) is 30.5 Å². The van der Waals surface area contributed by atoms with E-state index < -0.39 is 0 Å². The molecular formula is C13H11N3O. The molecule has 0 spiro atoms. The molecule has 0 N–H and O–H groups in total. The predicted octanol–water partition coefficient (Wildman–Crippen LogP) is 2.76. The van der Waals surface area contributed by atoms with Crippen molar-refractivity contribution in [3.8, 4) is 17.8 Å². The maximum Gasteiger partial charge on any atom is 0.323 e. The van der Waals surface area contributed by atoms with Crippen molar-refractivity contribution in [1.29, 1.82) is 5.26 Å². The van der Waals surface area contributed by atoms with Gasteiger partial charge in [-0.1, -0.05) is 12.1 Å². The van der Waals surface area contributed by atoms with Gasteiger partial charge < -0.3 is 4.74 Å². The molecule has 4 heteroatoms. The smallest absolute Gasteiger partial charge is 0.323 e. The first kappa shape index (κ1) is 11.1. The van der Waals surface area contributed by atoms with Crippen molar-refractivity contribution in [2.24, 2.45) is 0 Å². The van der Waals surface area contributed by atoms with Crippen LogP contribution in [0, 0.1) is 25.2 Å². The van der Waals surface area contributed by atoms with Crippen LogP contribution in [0.25, 0.3) is 0 Å². The summed E-state index contributed by atoms with van der Waals surface area (Å²) in [5.74, 6) is 0.708. The zero-order valence-corrected chi connectivity index (χ0v) is 9.64. The van der Waals surface area contributed by atoms with E-state index in [4.69, 9.17) is 10.00 Å². The van der Waals surface area contributed by atoms with Crippen molar-refractivity contribution in [3.63, 3.8) is 0 Å². The molecule has 0 saturated heterocycles. The summed E-state index contributed by atoms with van der Waals surface area (Å²) in [5.41, 5.74) is 2.47. The summed E-state index contributed by atoms with van der Waals surface area (Å²) in [5, 5.41) is 8.73. The SMILES string of the molecule is Cc1cccc(Oc2nccc(C#N)n2)c1C. The van der Waals surface area contributed by atoms with Crippen LogP contribution in [0.3, 0.4) is 0 Å². The molecule has 1 aromatic heterocycles. The summed E-state index contributed by atoms with van der Waals surface area (Å²) < 4.78 is 5.56. The zero-order chi connectivity index (χ0) is 12.3. The molecule has 0 saturated carbocycles. The molecule has 2 rings (SSSR count).